The molecule has 0 bridgehead atoms. The molecule has 0 atom stereocenters. The number of nitrogens with one attached hydrogen (secondary N) is 1. The number of rotatable bonds is 4. The summed E-state index contributed by atoms with van der Waals surface area (Å²) in [6.07, 6.45) is 0. The smallest absolute Gasteiger partial charge is 0.339 e. The summed E-state index contributed by atoms with van der Waals surface area (Å²) in [5.74, 6) is -1.04. The van der Waals surface area contributed by atoms with Crippen molar-refractivity contribution >= 4 is 21.7 Å². The molecule has 2 rings (SSSR count). The molecule has 0 spiro atoms. The molecule has 0 aliphatic carbocycles. The minimum absolute atomic E-state index is 0.0944. The molecule has 0 radical (unpaired) electrons. The number of anilines is 1. The largest absolute Gasteiger partial charge is 0.379 e. The summed E-state index contributed by atoms with van der Waals surface area (Å²) in [6, 6.07) is 9.28. The molecule has 22 heavy (non-hydrogen) atoms. The Kier molecular flexibility index (Phi) is 4.46. The highest BCUT2D eigenvalue weighted by atomic mass is 32.2. The number of carbonyl (C=O) groups is 1. The lowest BCUT2D eigenvalue weighted by atomic mass is 10.2. The van der Waals surface area contributed by atoms with E-state index in [1.165, 1.54) is 31.2 Å². The molecule has 0 aromatic heterocycles. The third kappa shape index (κ3) is 3.82. The van der Waals surface area contributed by atoms with Gasteiger partial charge in [-0.3, -0.25) is 4.79 Å². The van der Waals surface area contributed by atoms with Gasteiger partial charge in [0.25, 0.3) is 0 Å². The van der Waals surface area contributed by atoms with Crippen molar-refractivity contribution in [1.29, 1.82) is 0 Å². The topological polar surface area (TPSA) is 72.5 Å². The van der Waals surface area contributed by atoms with Crippen LogP contribution in [0.25, 0.3) is 0 Å². The molecule has 7 heteroatoms. The van der Waals surface area contributed by atoms with Crippen LogP contribution < -0.4 is 9.50 Å². The molecule has 0 saturated carbocycles. The zero-order chi connectivity index (χ0) is 16.3. The van der Waals surface area contributed by atoms with E-state index in [1.807, 2.05) is 0 Å². The summed E-state index contributed by atoms with van der Waals surface area (Å²) in [7, 11) is -4.14. The van der Waals surface area contributed by atoms with Crippen LogP contribution in [0.3, 0.4) is 0 Å². The molecule has 0 aliphatic rings. The molecule has 0 fully saturated rings. The van der Waals surface area contributed by atoms with E-state index in [0.717, 1.165) is 6.07 Å². The normalized spacial score (nSPS) is 11.0. The third-order valence-electron chi connectivity index (χ3n) is 2.78. The fourth-order valence-corrected chi connectivity index (χ4v) is 3.02. The van der Waals surface area contributed by atoms with Gasteiger partial charge in [0, 0.05) is 18.7 Å². The maximum absolute atomic E-state index is 13.1. The van der Waals surface area contributed by atoms with Gasteiger partial charge in [-0.15, -0.1) is 0 Å². The Morgan fingerprint density at radius 3 is 2.55 bits per heavy atom. The van der Waals surface area contributed by atoms with E-state index in [9.17, 15) is 17.6 Å². The molecule has 116 valence electrons. The van der Waals surface area contributed by atoms with Crippen LogP contribution in [-0.4, -0.2) is 14.3 Å². The zero-order valence-corrected chi connectivity index (χ0v) is 12.8. The van der Waals surface area contributed by atoms with Crippen molar-refractivity contribution in [1.82, 2.24) is 0 Å². The van der Waals surface area contributed by atoms with Crippen molar-refractivity contribution < 1.29 is 21.8 Å². The van der Waals surface area contributed by atoms with E-state index in [2.05, 4.69) is 5.32 Å². The van der Waals surface area contributed by atoms with Crippen molar-refractivity contribution in [2.45, 2.75) is 18.7 Å². The predicted octanol–water partition coefficient (Wildman–Crippen LogP) is 2.86. The summed E-state index contributed by atoms with van der Waals surface area (Å²) < 4.78 is 42.7. The van der Waals surface area contributed by atoms with Gasteiger partial charge in [0.2, 0.25) is 5.91 Å². The van der Waals surface area contributed by atoms with Gasteiger partial charge in [0.1, 0.15) is 16.5 Å². The number of hydrogen-bond acceptors (Lipinski definition) is 4. The van der Waals surface area contributed by atoms with Gasteiger partial charge in [-0.1, -0.05) is 12.1 Å². The Bertz CT molecular complexity index is 818. The molecule has 2 aromatic carbocycles. The van der Waals surface area contributed by atoms with E-state index in [0.29, 0.717) is 11.3 Å². The lowest BCUT2D eigenvalue weighted by Crippen LogP contribution is -2.13. The Balaban J connectivity index is 2.38. The standard InChI is InChI=1S/C15H14FNO4S/c1-10-6-7-13(17-11(2)18)9-15(10)22(19,20)21-14-5-3-4-12(16)8-14/h3-9H,1-2H3,(H,17,18). The highest BCUT2D eigenvalue weighted by Gasteiger charge is 2.20. The maximum atomic E-state index is 13.1. The Hall–Kier alpha value is -2.41. The van der Waals surface area contributed by atoms with Crippen molar-refractivity contribution in [3.63, 3.8) is 0 Å². The van der Waals surface area contributed by atoms with E-state index in [4.69, 9.17) is 4.18 Å². The SMILES string of the molecule is CC(=O)Nc1ccc(C)c(S(=O)(=O)Oc2cccc(F)c2)c1. The first-order valence-electron chi connectivity index (χ1n) is 6.36. The Morgan fingerprint density at radius 1 is 1.18 bits per heavy atom. The van der Waals surface area contributed by atoms with E-state index >= 15 is 0 Å². The van der Waals surface area contributed by atoms with Crippen LogP contribution in [0.1, 0.15) is 12.5 Å². The Labute approximate surface area is 127 Å². The summed E-state index contributed by atoms with van der Waals surface area (Å²) in [6.45, 7) is 2.91. The van der Waals surface area contributed by atoms with Gasteiger partial charge >= 0.3 is 10.1 Å². The number of amides is 1. The summed E-state index contributed by atoms with van der Waals surface area (Å²) >= 11 is 0. The second-order valence-corrected chi connectivity index (χ2v) is 6.17. The van der Waals surface area contributed by atoms with Crippen LogP contribution in [0.4, 0.5) is 10.1 Å². The van der Waals surface area contributed by atoms with Gasteiger partial charge in [-0.05, 0) is 36.8 Å². The second kappa shape index (κ2) is 6.15. The molecule has 1 N–H and O–H groups in total. The van der Waals surface area contributed by atoms with Gasteiger partial charge in [0.15, 0.2) is 0 Å². The number of hydrogen-bond donors (Lipinski definition) is 1. The molecule has 1 amide bonds. The minimum atomic E-state index is -4.14. The number of carbonyl (C=O) groups excluding carboxylic acids is 1. The van der Waals surface area contributed by atoms with E-state index in [-0.39, 0.29) is 16.6 Å². The summed E-state index contributed by atoms with van der Waals surface area (Å²) in [5, 5.41) is 2.50. The fourth-order valence-electron chi connectivity index (χ4n) is 1.84. The van der Waals surface area contributed by atoms with Crippen LogP contribution in [0.2, 0.25) is 0 Å². The van der Waals surface area contributed by atoms with Gasteiger partial charge in [-0.25, -0.2) is 4.39 Å². The van der Waals surface area contributed by atoms with Crippen molar-refractivity contribution in [3.8, 4) is 5.75 Å². The lowest BCUT2D eigenvalue weighted by molar-refractivity contribution is -0.114. The monoisotopic (exact) mass is 323 g/mol. The highest BCUT2D eigenvalue weighted by molar-refractivity contribution is 7.87. The van der Waals surface area contributed by atoms with Crippen LogP contribution in [0, 0.1) is 12.7 Å². The van der Waals surface area contributed by atoms with Crippen molar-refractivity contribution in [2.75, 3.05) is 5.32 Å². The van der Waals surface area contributed by atoms with Crippen molar-refractivity contribution in [2.24, 2.45) is 0 Å². The quantitative estimate of drug-likeness (QED) is 0.878. The lowest BCUT2D eigenvalue weighted by Gasteiger charge is -2.11. The molecule has 0 aliphatic heterocycles. The first kappa shape index (κ1) is 16.0. The Morgan fingerprint density at radius 2 is 1.91 bits per heavy atom. The number of aryl methyl sites for hydroxylation is 1. The molecule has 0 unspecified atom stereocenters. The molecular formula is C15H14FNO4S. The first-order chi connectivity index (χ1) is 10.3. The predicted molar refractivity (Wildman–Crippen MR) is 79.7 cm³/mol. The van der Waals surface area contributed by atoms with Crippen molar-refractivity contribution in [3.05, 3.63) is 53.8 Å². The third-order valence-corrected chi connectivity index (χ3v) is 4.17. The molecule has 2 aromatic rings. The highest BCUT2D eigenvalue weighted by Crippen LogP contribution is 2.24. The number of halogens is 1. The van der Waals surface area contributed by atoms with Crippen LogP contribution in [0.5, 0.6) is 5.75 Å². The average molecular weight is 323 g/mol. The van der Waals surface area contributed by atoms with Crippen LogP contribution in [-0.2, 0) is 14.9 Å². The molecule has 0 saturated heterocycles. The molecular weight excluding hydrogens is 309 g/mol. The van der Waals surface area contributed by atoms with E-state index < -0.39 is 15.9 Å². The minimum Gasteiger partial charge on any atom is -0.379 e. The van der Waals surface area contributed by atoms with Crippen LogP contribution >= 0.6 is 0 Å². The van der Waals surface area contributed by atoms with E-state index in [1.54, 1.807) is 19.1 Å². The average Bonchev–Trinajstić information content (AvgIpc) is 2.39. The van der Waals surface area contributed by atoms with Gasteiger partial charge in [0.05, 0.1) is 0 Å². The maximum Gasteiger partial charge on any atom is 0.339 e. The summed E-state index contributed by atoms with van der Waals surface area (Å²) in [4.78, 5) is 11.0. The second-order valence-electron chi connectivity index (χ2n) is 4.66. The van der Waals surface area contributed by atoms with Gasteiger partial charge < -0.3 is 9.50 Å². The first-order valence-corrected chi connectivity index (χ1v) is 7.77. The number of benzene rings is 2. The zero-order valence-electron chi connectivity index (χ0n) is 12.0. The summed E-state index contributed by atoms with van der Waals surface area (Å²) in [5.41, 5.74) is 0.782. The molecule has 5 nitrogen and oxygen atoms in total. The van der Waals surface area contributed by atoms with Crippen LogP contribution in [0.15, 0.2) is 47.4 Å². The molecule has 0 heterocycles. The fraction of sp³-hybridized carbons (Fsp3) is 0.133. The van der Waals surface area contributed by atoms with Gasteiger partial charge in [-0.2, -0.15) is 8.42 Å².